The third-order valence-corrected chi connectivity index (χ3v) is 6.82. The standard InChI is InChI=1S/C17H26N4OS.3ClH/c1-11-19-14(10-23-11)9-20-4-6-21(7-5-20)17(22)15-12-2-3-13(8-12)16(15)18;;;/h10,12-13,15-16H,2-9,18H2,1H3;3*1H. The first-order chi connectivity index (χ1) is 11.1. The van der Waals surface area contributed by atoms with E-state index in [0.29, 0.717) is 17.7 Å². The minimum atomic E-state index is 0. The van der Waals surface area contributed by atoms with Gasteiger partial charge < -0.3 is 10.6 Å². The van der Waals surface area contributed by atoms with Crippen LogP contribution in [0.5, 0.6) is 0 Å². The highest BCUT2D eigenvalue weighted by molar-refractivity contribution is 7.09. The molecule has 0 spiro atoms. The van der Waals surface area contributed by atoms with Crippen LogP contribution in [0, 0.1) is 24.7 Å². The lowest BCUT2D eigenvalue weighted by atomic mass is 9.84. The predicted octanol–water partition coefficient (Wildman–Crippen LogP) is 2.73. The van der Waals surface area contributed by atoms with Gasteiger partial charge in [-0.25, -0.2) is 4.98 Å². The van der Waals surface area contributed by atoms with Crippen LogP contribution >= 0.6 is 48.6 Å². The Balaban J connectivity index is 0.00000113. The largest absolute Gasteiger partial charge is 0.340 e. The van der Waals surface area contributed by atoms with Crippen molar-refractivity contribution in [3.63, 3.8) is 0 Å². The van der Waals surface area contributed by atoms with Gasteiger partial charge in [0, 0.05) is 44.1 Å². The zero-order chi connectivity index (χ0) is 16.0. The quantitative estimate of drug-likeness (QED) is 0.780. The Morgan fingerprint density at radius 2 is 1.85 bits per heavy atom. The Morgan fingerprint density at radius 1 is 1.19 bits per heavy atom. The van der Waals surface area contributed by atoms with E-state index in [1.54, 1.807) is 11.3 Å². The second-order valence-electron chi connectivity index (χ2n) is 7.40. The molecule has 1 aliphatic heterocycles. The fourth-order valence-corrected chi connectivity index (χ4v) is 5.35. The molecule has 2 heterocycles. The number of halogens is 3. The summed E-state index contributed by atoms with van der Waals surface area (Å²) in [5, 5.41) is 3.26. The number of carbonyl (C=O) groups excluding carboxylic acids is 1. The fraction of sp³-hybridized carbons (Fsp3) is 0.765. The molecule has 150 valence electrons. The minimum absolute atomic E-state index is 0. The van der Waals surface area contributed by atoms with Gasteiger partial charge >= 0.3 is 0 Å². The highest BCUT2D eigenvalue weighted by Crippen LogP contribution is 2.48. The molecule has 1 saturated heterocycles. The van der Waals surface area contributed by atoms with Gasteiger partial charge in [-0.2, -0.15) is 0 Å². The van der Waals surface area contributed by atoms with Crippen molar-refractivity contribution in [1.82, 2.24) is 14.8 Å². The van der Waals surface area contributed by atoms with Crippen LogP contribution in [0.2, 0.25) is 0 Å². The normalized spacial score (nSPS) is 30.3. The molecule has 1 aromatic rings. The van der Waals surface area contributed by atoms with Crippen LogP contribution in [0.4, 0.5) is 0 Å². The summed E-state index contributed by atoms with van der Waals surface area (Å²) < 4.78 is 0. The van der Waals surface area contributed by atoms with Crippen LogP contribution in [-0.4, -0.2) is 52.9 Å². The van der Waals surface area contributed by atoms with Crippen molar-refractivity contribution < 1.29 is 4.79 Å². The van der Waals surface area contributed by atoms with Crippen molar-refractivity contribution >= 4 is 54.5 Å². The van der Waals surface area contributed by atoms with Gasteiger partial charge in [0.15, 0.2) is 0 Å². The van der Waals surface area contributed by atoms with Gasteiger partial charge in [-0.15, -0.1) is 48.6 Å². The smallest absolute Gasteiger partial charge is 0.227 e. The summed E-state index contributed by atoms with van der Waals surface area (Å²) in [4.78, 5) is 21.9. The van der Waals surface area contributed by atoms with Crippen LogP contribution in [0.25, 0.3) is 0 Å². The highest BCUT2D eigenvalue weighted by Gasteiger charge is 2.50. The number of rotatable bonds is 3. The zero-order valence-corrected chi connectivity index (χ0v) is 18.3. The van der Waals surface area contributed by atoms with Gasteiger partial charge in [-0.1, -0.05) is 0 Å². The molecule has 1 aromatic heterocycles. The summed E-state index contributed by atoms with van der Waals surface area (Å²) in [6.45, 7) is 6.51. The molecule has 5 nitrogen and oxygen atoms in total. The summed E-state index contributed by atoms with van der Waals surface area (Å²) in [6.07, 6.45) is 3.62. The van der Waals surface area contributed by atoms with Crippen LogP contribution in [0.15, 0.2) is 5.38 Å². The molecule has 26 heavy (non-hydrogen) atoms. The average Bonchev–Trinajstić information content (AvgIpc) is 3.24. The predicted molar refractivity (Wildman–Crippen MR) is 113 cm³/mol. The van der Waals surface area contributed by atoms with Gasteiger partial charge in [0.2, 0.25) is 5.91 Å². The van der Waals surface area contributed by atoms with E-state index in [2.05, 4.69) is 20.2 Å². The second-order valence-corrected chi connectivity index (χ2v) is 8.46. The van der Waals surface area contributed by atoms with E-state index in [1.807, 2.05) is 6.92 Å². The first-order valence-electron chi connectivity index (χ1n) is 8.79. The lowest BCUT2D eigenvalue weighted by molar-refractivity contribution is -0.139. The number of hydrogen-bond donors (Lipinski definition) is 1. The lowest BCUT2D eigenvalue weighted by Gasteiger charge is -2.38. The van der Waals surface area contributed by atoms with Gasteiger partial charge in [0.1, 0.15) is 0 Å². The number of aryl methyl sites for hydroxylation is 1. The van der Waals surface area contributed by atoms with Crippen molar-refractivity contribution in [3.05, 3.63) is 16.1 Å². The molecule has 0 aromatic carbocycles. The SMILES string of the molecule is Cc1nc(CN2CCN(C(=O)C3C4CCC(C4)C3N)CC2)cs1.Cl.Cl.Cl. The maximum absolute atomic E-state index is 12.9. The van der Waals surface area contributed by atoms with Crippen LogP contribution in [-0.2, 0) is 11.3 Å². The van der Waals surface area contributed by atoms with E-state index in [9.17, 15) is 4.79 Å². The zero-order valence-electron chi connectivity index (χ0n) is 15.0. The molecular weight excluding hydrogens is 415 g/mol. The summed E-state index contributed by atoms with van der Waals surface area (Å²) in [7, 11) is 0. The molecule has 4 unspecified atom stereocenters. The summed E-state index contributed by atoms with van der Waals surface area (Å²) in [5.74, 6) is 1.58. The monoisotopic (exact) mass is 442 g/mol. The number of carbonyl (C=O) groups is 1. The van der Waals surface area contributed by atoms with Crippen molar-refractivity contribution in [3.8, 4) is 0 Å². The molecule has 4 atom stereocenters. The molecule has 2 N–H and O–H groups in total. The number of piperazine rings is 1. The second kappa shape index (κ2) is 9.89. The van der Waals surface area contributed by atoms with Crippen molar-refractivity contribution in [1.29, 1.82) is 0 Å². The van der Waals surface area contributed by atoms with E-state index in [0.717, 1.165) is 43.4 Å². The molecule has 0 radical (unpaired) electrons. The molecule has 9 heteroatoms. The number of fused-ring (bicyclic) bond motifs is 2. The molecule has 4 rings (SSSR count). The number of thiazole rings is 1. The van der Waals surface area contributed by atoms with Crippen LogP contribution < -0.4 is 5.73 Å². The molecule has 2 aliphatic carbocycles. The molecule has 1 amide bonds. The average molecular weight is 444 g/mol. The van der Waals surface area contributed by atoms with Crippen molar-refractivity contribution in [2.75, 3.05) is 26.2 Å². The summed E-state index contributed by atoms with van der Waals surface area (Å²) in [5.41, 5.74) is 7.49. The Hall–Kier alpha value is -0.110. The number of aromatic nitrogens is 1. The topological polar surface area (TPSA) is 62.5 Å². The summed E-state index contributed by atoms with van der Waals surface area (Å²) in [6, 6.07) is 0.109. The van der Waals surface area contributed by atoms with E-state index in [4.69, 9.17) is 5.73 Å². The number of nitrogens with zero attached hydrogens (tertiary/aromatic N) is 3. The molecule has 3 fully saturated rings. The van der Waals surface area contributed by atoms with Crippen LogP contribution in [0.1, 0.15) is 30.0 Å². The minimum Gasteiger partial charge on any atom is -0.340 e. The number of amides is 1. The van der Waals surface area contributed by atoms with E-state index in [-0.39, 0.29) is 49.2 Å². The van der Waals surface area contributed by atoms with E-state index >= 15 is 0 Å². The molecule has 3 aliphatic rings. The molecular formula is C17H29Cl3N4OS. The van der Waals surface area contributed by atoms with E-state index in [1.165, 1.54) is 19.3 Å². The number of nitrogens with two attached hydrogens (primary N) is 1. The van der Waals surface area contributed by atoms with Gasteiger partial charge in [0.25, 0.3) is 0 Å². The van der Waals surface area contributed by atoms with Crippen molar-refractivity contribution in [2.24, 2.45) is 23.5 Å². The molecule has 2 saturated carbocycles. The Bertz CT molecular complexity index is 592. The van der Waals surface area contributed by atoms with Crippen molar-refractivity contribution in [2.45, 2.75) is 38.8 Å². The first-order valence-corrected chi connectivity index (χ1v) is 9.67. The molecule has 2 bridgehead atoms. The third kappa shape index (κ3) is 4.65. The Morgan fingerprint density at radius 3 is 2.38 bits per heavy atom. The Labute approximate surface area is 178 Å². The number of hydrogen-bond acceptors (Lipinski definition) is 5. The maximum Gasteiger partial charge on any atom is 0.227 e. The lowest BCUT2D eigenvalue weighted by Crippen LogP contribution is -2.53. The fourth-order valence-electron chi connectivity index (χ4n) is 4.75. The van der Waals surface area contributed by atoms with Gasteiger partial charge in [-0.05, 0) is 38.0 Å². The van der Waals surface area contributed by atoms with Crippen LogP contribution in [0.3, 0.4) is 0 Å². The van der Waals surface area contributed by atoms with Gasteiger partial charge in [0.05, 0.1) is 16.6 Å². The van der Waals surface area contributed by atoms with E-state index < -0.39 is 0 Å². The Kier molecular flexibility index (Phi) is 9.11. The summed E-state index contributed by atoms with van der Waals surface area (Å²) >= 11 is 1.71. The van der Waals surface area contributed by atoms with Gasteiger partial charge in [-0.3, -0.25) is 9.69 Å². The maximum atomic E-state index is 12.9. The third-order valence-electron chi connectivity index (χ3n) is 6.00. The first kappa shape index (κ1) is 23.9. The highest BCUT2D eigenvalue weighted by atomic mass is 35.5.